The predicted octanol–water partition coefficient (Wildman–Crippen LogP) is 2.79. The first kappa shape index (κ1) is 10.0. The summed E-state index contributed by atoms with van der Waals surface area (Å²) in [4.78, 5) is 0. The van der Waals surface area contributed by atoms with Crippen LogP contribution in [0.4, 0.5) is 0 Å². The molecule has 0 aliphatic heterocycles. The minimum Gasteiger partial charge on any atom is -0.0919 e. The van der Waals surface area contributed by atoms with Crippen LogP contribution in [0.5, 0.6) is 0 Å². The largest absolute Gasteiger partial charge is 0.0954 e. The molecule has 0 fully saturated rings. The standard InChI is InChI=1S/C8H12BBr/c1-4-7(2)5-6-8(3,9)10/h4-6H,1-3H3/b6-5-,7-4+. The third kappa shape index (κ3) is 6.15. The molecule has 0 nitrogen and oxygen atoms in total. The second kappa shape index (κ2) is 4.02. The molecule has 0 aliphatic carbocycles. The molecule has 0 N–H and O–H groups in total. The van der Waals surface area contributed by atoms with Crippen molar-refractivity contribution in [3.63, 3.8) is 0 Å². The number of hydrogen-bond donors (Lipinski definition) is 0. The Labute approximate surface area is 72.9 Å². The van der Waals surface area contributed by atoms with Gasteiger partial charge in [0.15, 0.2) is 0 Å². The van der Waals surface area contributed by atoms with Crippen LogP contribution < -0.4 is 0 Å². The van der Waals surface area contributed by atoms with Gasteiger partial charge in [-0.2, -0.15) is 0 Å². The van der Waals surface area contributed by atoms with Crippen LogP contribution in [0, 0.1) is 0 Å². The Morgan fingerprint density at radius 3 is 2.40 bits per heavy atom. The van der Waals surface area contributed by atoms with E-state index in [-0.39, 0.29) is 4.22 Å². The van der Waals surface area contributed by atoms with Crippen molar-refractivity contribution < 1.29 is 0 Å². The molecule has 0 aromatic carbocycles. The van der Waals surface area contributed by atoms with Crippen LogP contribution in [0.2, 0.25) is 0 Å². The summed E-state index contributed by atoms with van der Waals surface area (Å²) < 4.78 is -0.378. The highest BCUT2D eigenvalue weighted by molar-refractivity contribution is 9.10. The van der Waals surface area contributed by atoms with Crippen LogP contribution in [-0.2, 0) is 0 Å². The van der Waals surface area contributed by atoms with Gasteiger partial charge in [0.05, 0.1) is 7.85 Å². The molecule has 2 radical (unpaired) electrons. The maximum absolute atomic E-state index is 5.64. The summed E-state index contributed by atoms with van der Waals surface area (Å²) in [5, 5.41) is 0. The van der Waals surface area contributed by atoms with E-state index in [1.807, 2.05) is 39.0 Å². The van der Waals surface area contributed by atoms with E-state index < -0.39 is 0 Å². The van der Waals surface area contributed by atoms with Gasteiger partial charge in [0, 0.05) is 4.22 Å². The fourth-order valence-electron chi connectivity index (χ4n) is 0.391. The van der Waals surface area contributed by atoms with E-state index in [0.717, 1.165) is 0 Å². The van der Waals surface area contributed by atoms with E-state index in [1.165, 1.54) is 5.57 Å². The Bertz CT molecular complexity index is 151. The maximum Gasteiger partial charge on any atom is 0.0954 e. The minimum atomic E-state index is -0.378. The summed E-state index contributed by atoms with van der Waals surface area (Å²) in [5.41, 5.74) is 1.22. The molecule has 0 heterocycles. The minimum absolute atomic E-state index is 0.378. The molecule has 0 saturated heterocycles. The summed E-state index contributed by atoms with van der Waals surface area (Å²) >= 11 is 3.30. The van der Waals surface area contributed by atoms with Crippen LogP contribution in [0.3, 0.4) is 0 Å². The Kier molecular flexibility index (Phi) is 4.03. The average Bonchev–Trinajstić information content (AvgIpc) is 1.81. The summed E-state index contributed by atoms with van der Waals surface area (Å²) in [5.74, 6) is 0. The molecule has 10 heavy (non-hydrogen) atoms. The fourth-order valence-corrected chi connectivity index (χ4v) is 0.523. The van der Waals surface area contributed by atoms with Crippen molar-refractivity contribution in [2.45, 2.75) is 25.0 Å². The maximum atomic E-state index is 5.64. The normalized spacial score (nSPS) is 19.4. The van der Waals surface area contributed by atoms with Crippen LogP contribution in [0.25, 0.3) is 0 Å². The molecule has 0 aromatic heterocycles. The number of rotatable bonds is 2. The molecular formula is C8H12BBr. The smallest absolute Gasteiger partial charge is 0.0919 e. The lowest BCUT2D eigenvalue weighted by atomic mass is 9.88. The zero-order chi connectivity index (χ0) is 8.20. The molecule has 0 spiro atoms. The lowest BCUT2D eigenvalue weighted by Crippen LogP contribution is -2.09. The van der Waals surface area contributed by atoms with Crippen LogP contribution in [0.15, 0.2) is 23.8 Å². The highest BCUT2D eigenvalue weighted by Crippen LogP contribution is 2.14. The number of halogens is 1. The summed E-state index contributed by atoms with van der Waals surface area (Å²) in [6.45, 7) is 5.93. The van der Waals surface area contributed by atoms with Gasteiger partial charge in [-0.25, -0.2) is 0 Å². The van der Waals surface area contributed by atoms with E-state index >= 15 is 0 Å². The molecule has 0 aromatic rings. The first-order chi connectivity index (χ1) is 4.45. The second-order valence-corrected chi connectivity index (χ2v) is 4.23. The third-order valence-electron chi connectivity index (χ3n) is 1.13. The molecule has 2 heteroatoms. The van der Waals surface area contributed by atoms with Crippen molar-refractivity contribution in [2.75, 3.05) is 0 Å². The monoisotopic (exact) mass is 198 g/mol. The molecule has 0 rings (SSSR count). The Hall–Kier alpha value is 0.0249. The molecule has 0 amide bonds. The topological polar surface area (TPSA) is 0 Å². The van der Waals surface area contributed by atoms with Crippen molar-refractivity contribution in [3.8, 4) is 0 Å². The van der Waals surface area contributed by atoms with Gasteiger partial charge in [0.1, 0.15) is 0 Å². The highest BCUT2D eigenvalue weighted by atomic mass is 79.9. The third-order valence-corrected chi connectivity index (χ3v) is 1.39. The Morgan fingerprint density at radius 2 is 2.10 bits per heavy atom. The molecule has 1 unspecified atom stereocenters. The number of allylic oxidation sites excluding steroid dienone is 4. The van der Waals surface area contributed by atoms with Crippen molar-refractivity contribution in [1.82, 2.24) is 0 Å². The van der Waals surface area contributed by atoms with Gasteiger partial charge in [-0.05, 0) is 13.8 Å². The van der Waals surface area contributed by atoms with E-state index in [2.05, 4.69) is 15.9 Å². The van der Waals surface area contributed by atoms with Crippen LogP contribution in [-0.4, -0.2) is 12.1 Å². The lowest BCUT2D eigenvalue weighted by molar-refractivity contribution is 1.16. The van der Waals surface area contributed by atoms with E-state index in [9.17, 15) is 0 Å². The average molecular weight is 199 g/mol. The Morgan fingerprint density at radius 1 is 1.60 bits per heavy atom. The molecule has 0 bridgehead atoms. The van der Waals surface area contributed by atoms with Crippen LogP contribution in [0.1, 0.15) is 20.8 Å². The molecule has 0 aliphatic rings. The zero-order valence-corrected chi connectivity index (χ0v) is 8.27. The fraction of sp³-hybridized carbons (Fsp3) is 0.500. The first-order valence-electron chi connectivity index (χ1n) is 3.25. The van der Waals surface area contributed by atoms with Crippen molar-refractivity contribution in [1.29, 1.82) is 0 Å². The molecular weight excluding hydrogens is 187 g/mol. The van der Waals surface area contributed by atoms with E-state index in [1.54, 1.807) is 0 Å². The van der Waals surface area contributed by atoms with E-state index in [0.29, 0.717) is 0 Å². The Balaban J connectivity index is 4.01. The SMILES string of the molecule is [B]C(C)(Br)/C=C\C(C)=C\C. The van der Waals surface area contributed by atoms with Crippen molar-refractivity contribution >= 4 is 23.8 Å². The summed E-state index contributed by atoms with van der Waals surface area (Å²) in [7, 11) is 5.64. The predicted molar refractivity (Wildman–Crippen MR) is 51.7 cm³/mol. The van der Waals surface area contributed by atoms with Gasteiger partial charge in [-0.3, -0.25) is 0 Å². The number of alkyl halides is 1. The van der Waals surface area contributed by atoms with Crippen LogP contribution >= 0.6 is 15.9 Å². The van der Waals surface area contributed by atoms with Gasteiger partial charge in [0.2, 0.25) is 0 Å². The molecule has 1 atom stereocenters. The zero-order valence-electron chi connectivity index (χ0n) is 6.69. The van der Waals surface area contributed by atoms with Gasteiger partial charge in [0.25, 0.3) is 0 Å². The molecule has 0 saturated carbocycles. The van der Waals surface area contributed by atoms with Gasteiger partial charge >= 0.3 is 0 Å². The highest BCUT2D eigenvalue weighted by Gasteiger charge is 2.04. The van der Waals surface area contributed by atoms with Gasteiger partial charge < -0.3 is 0 Å². The lowest BCUT2D eigenvalue weighted by Gasteiger charge is -2.08. The quantitative estimate of drug-likeness (QED) is 0.364. The van der Waals surface area contributed by atoms with E-state index in [4.69, 9.17) is 7.85 Å². The summed E-state index contributed by atoms with van der Waals surface area (Å²) in [6.07, 6.45) is 5.95. The molecule has 54 valence electrons. The van der Waals surface area contributed by atoms with Crippen molar-refractivity contribution in [2.24, 2.45) is 0 Å². The summed E-state index contributed by atoms with van der Waals surface area (Å²) in [6, 6.07) is 0. The van der Waals surface area contributed by atoms with Gasteiger partial charge in [-0.1, -0.05) is 46.7 Å². The first-order valence-corrected chi connectivity index (χ1v) is 4.05. The number of hydrogen-bond acceptors (Lipinski definition) is 0. The van der Waals surface area contributed by atoms with Gasteiger partial charge in [-0.15, -0.1) is 0 Å². The van der Waals surface area contributed by atoms with Crippen molar-refractivity contribution in [3.05, 3.63) is 23.8 Å². The second-order valence-electron chi connectivity index (χ2n) is 2.52.